The number of hydrogen-bond donors (Lipinski definition) is 2. The molecule has 0 amide bonds. The van der Waals surface area contributed by atoms with Crippen LogP contribution in [0.1, 0.15) is 13.8 Å². The average Bonchev–Trinajstić information content (AvgIpc) is 2.05. The molecule has 0 aliphatic carbocycles. The van der Waals surface area contributed by atoms with Crippen LogP contribution in [-0.2, 0) is 0 Å². The van der Waals surface area contributed by atoms with Gasteiger partial charge in [0.05, 0.1) is 0 Å². The Kier molecular flexibility index (Phi) is 6.19. The van der Waals surface area contributed by atoms with Gasteiger partial charge in [0.2, 0.25) is 0 Å². The van der Waals surface area contributed by atoms with Gasteiger partial charge in [-0.05, 0) is 32.3 Å². The minimum absolute atomic E-state index is 0.113. The van der Waals surface area contributed by atoms with E-state index >= 15 is 0 Å². The fourth-order valence-corrected chi connectivity index (χ4v) is 0.584. The van der Waals surface area contributed by atoms with E-state index in [9.17, 15) is 0 Å². The summed E-state index contributed by atoms with van der Waals surface area (Å²) in [4.78, 5) is 0. The zero-order valence-corrected chi connectivity index (χ0v) is 7.17. The van der Waals surface area contributed by atoms with Crippen molar-refractivity contribution in [3.8, 4) is 0 Å². The lowest BCUT2D eigenvalue weighted by Crippen LogP contribution is -2.33. The van der Waals surface area contributed by atoms with Crippen LogP contribution >= 0.6 is 0 Å². The van der Waals surface area contributed by atoms with Gasteiger partial charge in [-0.1, -0.05) is 18.7 Å². The van der Waals surface area contributed by atoms with E-state index in [2.05, 4.69) is 17.2 Å². The third-order valence-electron chi connectivity index (χ3n) is 1.12. The molecule has 11 heavy (non-hydrogen) atoms. The SMILES string of the molecule is C=CC(NC=CC)NC=CC. The predicted molar refractivity (Wildman–Crippen MR) is 49.9 cm³/mol. The summed E-state index contributed by atoms with van der Waals surface area (Å²) in [6, 6.07) is 0. The summed E-state index contributed by atoms with van der Waals surface area (Å²) >= 11 is 0. The first-order valence-corrected chi connectivity index (χ1v) is 3.72. The predicted octanol–water partition coefficient (Wildman–Crippen LogP) is 1.74. The lowest BCUT2D eigenvalue weighted by molar-refractivity contribution is 0.638. The molecule has 0 saturated carbocycles. The van der Waals surface area contributed by atoms with Crippen LogP contribution in [0.15, 0.2) is 37.2 Å². The Bertz CT molecular complexity index is 134. The molecule has 0 aromatic carbocycles. The Morgan fingerprint density at radius 3 is 1.82 bits per heavy atom. The van der Waals surface area contributed by atoms with E-state index in [1.165, 1.54) is 0 Å². The van der Waals surface area contributed by atoms with Crippen LogP contribution in [0.25, 0.3) is 0 Å². The number of hydrogen-bond acceptors (Lipinski definition) is 2. The van der Waals surface area contributed by atoms with Gasteiger partial charge in [0.25, 0.3) is 0 Å². The van der Waals surface area contributed by atoms with Crippen molar-refractivity contribution in [2.75, 3.05) is 0 Å². The summed E-state index contributed by atoms with van der Waals surface area (Å²) in [7, 11) is 0. The van der Waals surface area contributed by atoms with Crippen molar-refractivity contribution >= 4 is 0 Å². The van der Waals surface area contributed by atoms with Crippen LogP contribution in [0.2, 0.25) is 0 Å². The second-order valence-corrected chi connectivity index (χ2v) is 2.05. The first-order chi connectivity index (χ1) is 5.35. The normalized spacial score (nSPS) is 13.6. The maximum absolute atomic E-state index is 3.67. The Hall–Kier alpha value is -1.18. The standard InChI is InChI=1S/C9H16N2/c1-4-7-10-9(6-3)11-8-5-2/h4-11H,3H2,1-2H3. The summed E-state index contributed by atoms with van der Waals surface area (Å²) in [5.74, 6) is 0. The van der Waals surface area contributed by atoms with Crippen molar-refractivity contribution in [3.63, 3.8) is 0 Å². The van der Waals surface area contributed by atoms with E-state index in [0.717, 1.165) is 0 Å². The highest BCUT2D eigenvalue weighted by Gasteiger charge is 1.92. The van der Waals surface area contributed by atoms with E-state index < -0.39 is 0 Å². The lowest BCUT2D eigenvalue weighted by Gasteiger charge is -2.12. The molecule has 62 valence electrons. The summed E-state index contributed by atoms with van der Waals surface area (Å²) < 4.78 is 0. The molecular formula is C9H16N2. The highest BCUT2D eigenvalue weighted by atomic mass is 15.1. The van der Waals surface area contributed by atoms with Crippen LogP contribution in [0.3, 0.4) is 0 Å². The molecule has 0 bridgehead atoms. The molecule has 0 heterocycles. The molecule has 0 atom stereocenters. The van der Waals surface area contributed by atoms with Crippen molar-refractivity contribution < 1.29 is 0 Å². The molecule has 2 nitrogen and oxygen atoms in total. The van der Waals surface area contributed by atoms with Gasteiger partial charge in [0.15, 0.2) is 0 Å². The molecule has 0 rings (SSSR count). The number of rotatable bonds is 5. The lowest BCUT2D eigenvalue weighted by atomic mass is 10.4. The minimum atomic E-state index is 0.113. The smallest absolute Gasteiger partial charge is 0.115 e. The Labute approximate surface area is 68.7 Å². The Morgan fingerprint density at radius 1 is 1.09 bits per heavy atom. The molecule has 0 fully saturated rings. The molecule has 0 aromatic heterocycles. The first-order valence-electron chi connectivity index (χ1n) is 3.72. The first kappa shape index (κ1) is 9.82. The molecule has 0 radical (unpaired) electrons. The molecule has 0 aliphatic rings. The Balaban J connectivity index is 3.66. The monoisotopic (exact) mass is 152 g/mol. The quantitative estimate of drug-likeness (QED) is 0.463. The molecule has 0 saturated heterocycles. The van der Waals surface area contributed by atoms with Gasteiger partial charge >= 0.3 is 0 Å². The van der Waals surface area contributed by atoms with Crippen LogP contribution in [0, 0.1) is 0 Å². The van der Waals surface area contributed by atoms with Crippen LogP contribution in [0.4, 0.5) is 0 Å². The fourth-order valence-electron chi connectivity index (χ4n) is 0.584. The van der Waals surface area contributed by atoms with E-state index in [4.69, 9.17) is 0 Å². The van der Waals surface area contributed by atoms with Gasteiger partial charge in [-0.15, -0.1) is 0 Å². The third kappa shape index (κ3) is 5.27. The third-order valence-corrected chi connectivity index (χ3v) is 1.12. The topological polar surface area (TPSA) is 24.1 Å². The summed E-state index contributed by atoms with van der Waals surface area (Å²) in [6.45, 7) is 7.60. The largest absolute Gasteiger partial charge is 0.369 e. The highest BCUT2D eigenvalue weighted by Crippen LogP contribution is 1.79. The van der Waals surface area contributed by atoms with Gasteiger partial charge in [-0.25, -0.2) is 0 Å². The highest BCUT2D eigenvalue weighted by molar-refractivity contribution is 4.92. The summed E-state index contributed by atoms with van der Waals surface area (Å²) in [5, 5.41) is 6.19. The minimum Gasteiger partial charge on any atom is -0.369 e. The van der Waals surface area contributed by atoms with E-state index in [1.54, 1.807) is 6.08 Å². The zero-order valence-electron chi connectivity index (χ0n) is 7.17. The average molecular weight is 152 g/mol. The van der Waals surface area contributed by atoms with Crippen molar-refractivity contribution in [2.24, 2.45) is 0 Å². The summed E-state index contributed by atoms with van der Waals surface area (Å²) in [6.07, 6.45) is 9.55. The number of allylic oxidation sites excluding steroid dienone is 2. The second kappa shape index (κ2) is 6.93. The van der Waals surface area contributed by atoms with Crippen LogP contribution in [0.5, 0.6) is 0 Å². The fraction of sp³-hybridized carbons (Fsp3) is 0.333. The van der Waals surface area contributed by atoms with E-state index in [1.807, 2.05) is 38.4 Å². The van der Waals surface area contributed by atoms with E-state index in [0.29, 0.717) is 0 Å². The zero-order chi connectivity index (χ0) is 8.53. The van der Waals surface area contributed by atoms with E-state index in [-0.39, 0.29) is 6.17 Å². The maximum Gasteiger partial charge on any atom is 0.115 e. The molecule has 0 unspecified atom stereocenters. The molecular weight excluding hydrogens is 136 g/mol. The number of nitrogens with one attached hydrogen (secondary N) is 2. The van der Waals surface area contributed by atoms with Crippen molar-refractivity contribution in [1.29, 1.82) is 0 Å². The molecule has 2 heteroatoms. The molecule has 0 aromatic rings. The molecule has 2 N–H and O–H groups in total. The van der Waals surface area contributed by atoms with Gasteiger partial charge in [0, 0.05) is 0 Å². The maximum atomic E-state index is 3.67. The van der Waals surface area contributed by atoms with Crippen molar-refractivity contribution in [3.05, 3.63) is 37.2 Å². The van der Waals surface area contributed by atoms with Crippen LogP contribution in [-0.4, -0.2) is 6.17 Å². The molecule has 0 aliphatic heterocycles. The van der Waals surface area contributed by atoms with Gasteiger partial charge < -0.3 is 10.6 Å². The second-order valence-electron chi connectivity index (χ2n) is 2.05. The van der Waals surface area contributed by atoms with Crippen LogP contribution < -0.4 is 10.6 Å². The van der Waals surface area contributed by atoms with Crippen molar-refractivity contribution in [1.82, 2.24) is 10.6 Å². The van der Waals surface area contributed by atoms with Gasteiger partial charge in [-0.2, -0.15) is 0 Å². The van der Waals surface area contributed by atoms with Gasteiger partial charge in [-0.3, -0.25) is 0 Å². The summed E-state index contributed by atoms with van der Waals surface area (Å²) in [5.41, 5.74) is 0. The van der Waals surface area contributed by atoms with Gasteiger partial charge in [0.1, 0.15) is 6.17 Å². The molecule has 0 spiro atoms. The van der Waals surface area contributed by atoms with Crippen molar-refractivity contribution in [2.45, 2.75) is 20.0 Å². The Morgan fingerprint density at radius 2 is 1.55 bits per heavy atom.